The van der Waals surface area contributed by atoms with Crippen LogP contribution < -0.4 is 5.73 Å². The maximum atomic E-state index is 9.57. The molecule has 0 radical (unpaired) electrons. The number of hydrogen-bond donors (Lipinski definition) is 2. The van der Waals surface area contributed by atoms with Gasteiger partial charge in [-0.2, -0.15) is 0 Å². The van der Waals surface area contributed by atoms with Gasteiger partial charge in [0.2, 0.25) is 0 Å². The van der Waals surface area contributed by atoms with Gasteiger partial charge in [-0.15, -0.1) is 0 Å². The van der Waals surface area contributed by atoms with Crippen LogP contribution in [-0.2, 0) is 4.74 Å². The third kappa shape index (κ3) is 1.16. The highest BCUT2D eigenvalue weighted by Crippen LogP contribution is 2.43. The van der Waals surface area contributed by atoms with E-state index in [0.29, 0.717) is 13.2 Å². The van der Waals surface area contributed by atoms with Gasteiger partial charge in [0.15, 0.2) is 0 Å². The van der Waals surface area contributed by atoms with Crippen molar-refractivity contribution >= 4 is 0 Å². The van der Waals surface area contributed by atoms with Gasteiger partial charge in [0.1, 0.15) is 0 Å². The van der Waals surface area contributed by atoms with Crippen molar-refractivity contribution in [3.63, 3.8) is 0 Å². The van der Waals surface area contributed by atoms with E-state index in [0.717, 1.165) is 18.8 Å². The minimum Gasteiger partial charge on any atom is -0.390 e. The van der Waals surface area contributed by atoms with Crippen molar-refractivity contribution in [2.75, 3.05) is 13.2 Å². The SMILES string of the molecule is CC1CC(N)(C2COCC2O)C1. The second kappa shape index (κ2) is 2.69. The fourth-order valence-electron chi connectivity index (χ4n) is 2.63. The van der Waals surface area contributed by atoms with Crippen molar-refractivity contribution < 1.29 is 9.84 Å². The quantitative estimate of drug-likeness (QED) is 0.589. The molecule has 0 spiro atoms. The molecule has 1 heterocycles. The first-order valence-electron chi connectivity index (χ1n) is 4.66. The van der Waals surface area contributed by atoms with Gasteiger partial charge in [-0.25, -0.2) is 0 Å². The smallest absolute Gasteiger partial charge is 0.0841 e. The molecule has 0 aromatic carbocycles. The first-order valence-corrected chi connectivity index (χ1v) is 4.66. The van der Waals surface area contributed by atoms with Crippen LogP contribution in [0.4, 0.5) is 0 Å². The van der Waals surface area contributed by atoms with Gasteiger partial charge < -0.3 is 15.6 Å². The summed E-state index contributed by atoms with van der Waals surface area (Å²) < 4.78 is 5.20. The highest BCUT2D eigenvalue weighted by Gasteiger charge is 2.49. The zero-order valence-corrected chi connectivity index (χ0v) is 7.49. The van der Waals surface area contributed by atoms with E-state index < -0.39 is 0 Å². The van der Waals surface area contributed by atoms with E-state index in [1.165, 1.54) is 0 Å². The Labute approximate surface area is 72.9 Å². The molecule has 1 saturated carbocycles. The lowest BCUT2D eigenvalue weighted by Gasteiger charge is -2.48. The molecule has 0 aromatic rings. The first kappa shape index (κ1) is 8.48. The third-order valence-electron chi connectivity index (χ3n) is 3.25. The van der Waals surface area contributed by atoms with Crippen molar-refractivity contribution in [3.05, 3.63) is 0 Å². The van der Waals surface area contributed by atoms with Gasteiger partial charge >= 0.3 is 0 Å². The molecular formula is C9H17NO2. The van der Waals surface area contributed by atoms with E-state index in [2.05, 4.69) is 6.92 Å². The van der Waals surface area contributed by atoms with Crippen LogP contribution in [0.2, 0.25) is 0 Å². The molecule has 3 nitrogen and oxygen atoms in total. The summed E-state index contributed by atoms with van der Waals surface area (Å²) in [4.78, 5) is 0. The number of rotatable bonds is 1. The largest absolute Gasteiger partial charge is 0.390 e. The molecule has 3 N–H and O–H groups in total. The van der Waals surface area contributed by atoms with Crippen LogP contribution in [0.15, 0.2) is 0 Å². The molecule has 2 unspecified atom stereocenters. The van der Waals surface area contributed by atoms with E-state index in [1.54, 1.807) is 0 Å². The summed E-state index contributed by atoms with van der Waals surface area (Å²) in [6, 6.07) is 0. The van der Waals surface area contributed by atoms with Crippen molar-refractivity contribution in [2.24, 2.45) is 17.6 Å². The van der Waals surface area contributed by atoms with Crippen molar-refractivity contribution in [1.82, 2.24) is 0 Å². The number of aliphatic hydroxyl groups is 1. The van der Waals surface area contributed by atoms with Crippen molar-refractivity contribution in [3.8, 4) is 0 Å². The molecule has 1 saturated heterocycles. The number of hydrogen-bond acceptors (Lipinski definition) is 3. The Morgan fingerprint density at radius 2 is 2.08 bits per heavy atom. The Morgan fingerprint density at radius 1 is 1.42 bits per heavy atom. The lowest BCUT2D eigenvalue weighted by atomic mass is 9.62. The number of aliphatic hydroxyl groups excluding tert-OH is 1. The molecule has 2 rings (SSSR count). The third-order valence-corrected chi connectivity index (χ3v) is 3.25. The van der Waals surface area contributed by atoms with Crippen LogP contribution in [0.5, 0.6) is 0 Å². The topological polar surface area (TPSA) is 55.5 Å². The monoisotopic (exact) mass is 171 g/mol. The van der Waals surface area contributed by atoms with Crippen LogP contribution >= 0.6 is 0 Å². The molecule has 2 aliphatic rings. The minimum absolute atomic E-state index is 0.130. The second-order valence-corrected chi connectivity index (χ2v) is 4.46. The van der Waals surface area contributed by atoms with Crippen molar-refractivity contribution in [1.29, 1.82) is 0 Å². The molecule has 2 atom stereocenters. The Morgan fingerprint density at radius 3 is 2.50 bits per heavy atom. The average Bonchev–Trinajstić information content (AvgIpc) is 2.32. The van der Waals surface area contributed by atoms with E-state index in [9.17, 15) is 5.11 Å². The van der Waals surface area contributed by atoms with Crippen LogP contribution in [0.1, 0.15) is 19.8 Å². The summed E-state index contributed by atoms with van der Waals surface area (Å²) in [7, 11) is 0. The predicted molar refractivity (Wildman–Crippen MR) is 45.6 cm³/mol. The molecule has 1 aliphatic carbocycles. The minimum atomic E-state index is -0.331. The Hall–Kier alpha value is -0.120. The summed E-state index contributed by atoms with van der Waals surface area (Å²) >= 11 is 0. The summed E-state index contributed by atoms with van der Waals surface area (Å²) in [5, 5.41) is 9.57. The normalized spacial score (nSPS) is 53.8. The fourth-order valence-corrected chi connectivity index (χ4v) is 2.63. The average molecular weight is 171 g/mol. The van der Waals surface area contributed by atoms with Gasteiger partial charge in [0, 0.05) is 11.5 Å². The van der Waals surface area contributed by atoms with Crippen LogP contribution in [0.3, 0.4) is 0 Å². The molecule has 0 amide bonds. The highest BCUT2D eigenvalue weighted by molar-refractivity contribution is 5.04. The Bertz CT molecular complexity index is 177. The lowest BCUT2D eigenvalue weighted by Crippen LogP contribution is -2.59. The zero-order chi connectivity index (χ0) is 8.77. The Kier molecular flexibility index (Phi) is 1.90. The molecule has 12 heavy (non-hydrogen) atoms. The maximum absolute atomic E-state index is 9.57. The van der Waals surface area contributed by atoms with Crippen molar-refractivity contribution in [2.45, 2.75) is 31.4 Å². The Balaban J connectivity index is 1.99. The molecule has 70 valence electrons. The summed E-state index contributed by atoms with van der Waals surface area (Å²) in [5.41, 5.74) is 6.02. The molecule has 0 aromatic heterocycles. The molecule has 3 heteroatoms. The van der Waals surface area contributed by atoms with Gasteiger partial charge in [0.05, 0.1) is 19.3 Å². The maximum Gasteiger partial charge on any atom is 0.0841 e. The van der Waals surface area contributed by atoms with Crippen LogP contribution in [-0.4, -0.2) is 30.0 Å². The van der Waals surface area contributed by atoms with E-state index in [1.807, 2.05) is 0 Å². The number of nitrogens with two attached hydrogens (primary N) is 1. The fraction of sp³-hybridized carbons (Fsp3) is 1.00. The standard InChI is InChI=1S/C9H17NO2/c1-6-2-9(10,3-6)7-4-12-5-8(7)11/h6-8,11H,2-5,10H2,1H3. The number of ether oxygens (including phenoxy) is 1. The van der Waals surface area contributed by atoms with Crippen LogP contribution in [0.25, 0.3) is 0 Å². The van der Waals surface area contributed by atoms with E-state index >= 15 is 0 Å². The zero-order valence-electron chi connectivity index (χ0n) is 7.49. The molecular weight excluding hydrogens is 154 g/mol. The van der Waals surface area contributed by atoms with Crippen LogP contribution in [0, 0.1) is 11.8 Å². The predicted octanol–water partition coefficient (Wildman–Crippen LogP) is 0.121. The summed E-state index contributed by atoms with van der Waals surface area (Å²) in [6.45, 7) is 3.32. The first-order chi connectivity index (χ1) is 5.62. The molecule has 2 fully saturated rings. The lowest BCUT2D eigenvalue weighted by molar-refractivity contribution is 0.0291. The molecule has 1 aliphatic heterocycles. The van der Waals surface area contributed by atoms with Gasteiger partial charge in [0.25, 0.3) is 0 Å². The summed E-state index contributed by atoms with van der Waals surface area (Å²) in [5.74, 6) is 0.900. The highest BCUT2D eigenvalue weighted by atomic mass is 16.5. The van der Waals surface area contributed by atoms with E-state index in [4.69, 9.17) is 10.5 Å². The van der Waals surface area contributed by atoms with E-state index in [-0.39, 0.29) is 17.6 Å². The second-order valence-electron chi connectivity index (χ2n) is 4.46. The van der Waals surface area contributed by atoms with Gasteiger partial charge in [-0.1, -0.05) is 6.92 Å². The van der Waals surface area contributed by atoms with Gasteiger partial charge in [-0.3, -0.25) is 0 Å². The van der Waals surface area contributed by atoms with Gasteiger partial charge in [-0.05, 0) is 18.8 Å². The molecule has 0 bridgehead atoms. The summed E-state index contributed by atoms with van der Waals surface area (Å²) in [6.07, 6.45) is 1.75.